The molecule has 9 nitrogen and oxygen atoms in total. The van der Waals surface area contributed by atoms with Crippen LogP contribution < -0.4 is 5.32 Å². The SMILES string of the molecule is C=N/C=C\c1cc(C(=O)NCC2CC23CCN(C(=O)c2ccc(-n4cncn4)cc2)CC3)oc1C. The highest BCUT2D eigenvalue weighted by Crippen LogP contribution is 2.59. The van der Waals surface area contributed by atoms with Gasteiger partial charge in [0.2, 0.25) is 0 Å². The standard InChI is InChI=1S/C26H28N6O3/c1-18-20(7-10-27-2)13-23(35-18)24(33)29-15-21-14-26(21)8-11-31(12-9-26)25(34)19-3-5-22(6-4-19)32-17-28-16-30-32/h3-7,10,13,16-17,21H,2,8-9,11-12,14-15H2,1H3,(H,29,33)/b10-7-. The van der Waals surface area contributed by atoms with Gasteiger partial charge in [0.1, 0.15) is 18.4 Å². The molecule has 1 spiro atoms. The number of nitrogens with zero attached hydrogens (tertiary/aromatic N) is 5. The van der Waals surface area contributed by atoms with Crippen LogP contribution in [-0.4, -0.2) is 57.8 Å². The zero-order valence-corrected chi connectivity index (χ0v) is 19.7. The average molecular weight is 473 g/mol. The zero-order valence-electron chi connectivity index (χ0n) is 19.7. The molecule has 2 aromatic heterocycles. The maximum absolute atomic E-state index is 13.0. The maximum Gasteiger partial charge on any atom is 0.287 e. The number of rotatable bonds is 7. The molecule has 1 N–H and O–H groups in total. The largest absolute Gasteiger partial charge is 0.456 e. The summed E-state index contributed by atoms with van der Waals surface area (Å²) in [5.41, 5.74) is 2.58. The third kappa shape index (κ3) is 4.66. The molecule has 1 aliphatic heterocycles. The van der Waals surface area contributed by atoms with Crippen molar-refractivity contribution in [2.75, 3.05) is 19.6 Å². The Morgan fingerprint density at radius 1 is 1.29 bits per heavy atom. The third-order valence-corrected chi connectivity index (χ3v) is 7.25. The Hall–Kier alpha value is -4.01. The summed E-state index contributed by atoms with van der Waals surface area (Å²) >= 11 is 0. The molecule has 3 aromatic rings. The summed E-state index contributed by atoms with van der Waals surface area (Å²) in [5.74, 6) is 1.26. The van der Waals surface area contributed by atoms with Crippen molar-refractivity contribution in [1.82, 2.24) is 25.0 Å². The maximum atomic E-state index is 13.0. The summed E-state index contributed by atoms with van der Waals surface area (Å²) in [4.78, 5) is 35.1. The smallest absolute Gasteiger partial charge is 0.287 e. The van der Waals surface area contributed by atoms with E-state index in [0.717, 1.165) is 43.6 Å². The minimum Gasteiger partial charge on any atom is -0.456 e. The summed E-state index contributed by atoms with van der Waals surface area (Å²) in [5, 5.41) is 7.13. The molecule has 1 aliphatic carbocycles. The Bertz CT molecular complexity index is 1250. The lowest BCUT2D eigenvalue weighted by molar-refractivity contribution is 0.0668. The van der Waals surface area contributed by atoms with Crippen LogP contribution in [0.2, 0.25) is 0 Å². The lowest BCUT2D eigenvalue weighted by Crippen LogP contribution is -2.40. The molecule has 1 aromatic carbocycles. The fourth-order valence-electron chi connectivity index (χ4n) is 4.98. The van der Waals surface area contributed by atoms with Crippen LogP contribution in [0.5, 0.6) is 0 Å². The zero-order chi connectivity index (χ0) is 24.4. The van der Waals surface area contributed by atoms with E-state index in [-0.39, 0.29) is 17.2 Å². The summed E-state index contributed by atoms with van der Waals surface area (Å²) in [7, 11) is 0. The van der Waals surface area contributed by atoms with E-state index >= 15 is 0 Å². The Kier molecular flexibility index (Phi) is 6.07. The predicted molar refractivity (Wildman–Crippen MR) is 131 cm³/mol. The molecular formula is C26H28N6O3. The van der Waals surface area contributed by atoms with Crippen molar-refractivity contribution >= 4 is 24.6 Å². The summed E-state index contributed by atoms with van der Waals surface area (Å²) < 4.78 is 7.26. The second-order valence-corrected chi connectivity index (χ2v) is 9.27. The quantitative estimate of drug-likeness (QED) is 0.530. The molecule has 2 aliphatic rings. The van der Waals surface area contributed by atoms with Crippen LogP contribution in [0, 0.1) is 18.3 Å². The van der Waals surface area contributed by atoms with Gasteiger partial charge in [0.05, 0.1) is 5.69 Å². The number of aryl methyl sites for hydroxylation is 1. The lowest BCUT2D eigenvalue weighted by Gasteiger charge is -2.33. The molecule has 1 unspecified atom stereocenters. The fraction of sp³-hybridized carbons (Fsp3) is 0.346. The van der Waals surface area contributed by atoms with Crippen LogP contribution in [0.3, 0.4) is 0 Å². The summed E-state index contributed by atoms with van der Waals surface area (Å²) in [6.07, 6.45) is 9.44. The van der Waals surface area contributed by atoms with Crippen LogP contribution in [-0.2, 0) is 0 Å². The van der Waals surface area contributed by atoms with Crippen molar-refractivity contribution in [3.05, 3.63) is 71.8 Å². The monoisotopic (exact) mass is 472 g/mol. The van der Waals surface area contributed by atoms with Crippen molar-refractivity contribution in [3.63, 3.8) is 0 Å². The Morgan fingerprint density at radius 3 is 2.74 bits per heavy atom. The highest BCUT2D eigenvalue weighted by Gasteiger charge is 2.54. The van der Waals surface area contributed by atoms with Gasteiger partial charge in [-0.3, -0.25) is 14.6 Å². The molecule has 35 heavy (non-hydrogen) atoms. The van der Waals surface area contributed by atoms with Gasteiger partial charge in [-0.15, -0.1) is 0 Å². The Morgan fingerprint density at radius 2 is 2.06 bits per heavy atom. The molecular weight excluding hydrogens is 444 g/mol. The van der Waals surface area contributed by atoms with Crippen LogP contribution in [0.1, 0.15) is 51.5 Å². The number of likely N-dealkylation sites (tertiary alicyclic amines) is 1. The van der Waals surface area contributed by atoms with E-state index in [4.69, 9.17) is 4.42 Å². The third-order valence-electron chi connectivity index (χ3n) is 7.25. The first-order valence-corrected chi connectivity index (χ1v) is 11.7. The Labute approximate surface area is 203 Å². The van der Waals surface area contributed by atoms with Crippen molar-refractivity contribution in [2.45, 2.75) is 26.2 Å². The van der Waals surface area contributed by atoms with Gasteiger partial charge in [-0.05, 0) is 80.6 Å². The van der Waals surface area contributed by atoms with E-state index in [9.17, 15) is 9.59 Å². The number of amides is 2. The number of aliphatic imine (C=N–C) groups is 1. The first-order valence-electron chi connectivity index (χ1n) is 11.7. The van der Waals surface area contributed by atoms with Gasteiger partial charge in [-0.1, -0.05) is 0 Å². The number of hydrogen-bond donors (Lipinski definition) is 1. The highest BCUT2D eigenvalue weighted by molar-refractivity contribution is 5.94. The van der Waals surface area contributed by atoms with Crippen LogP contribution in [0.4, 0.5) is 0 Å². The van der Waals surface area contributed by atoms with Crippen LogP contribution in [0.15, 0.2) is 58.6 Å². The molecule has 1 saturated carbocycles. The van der Waals surface area contributed by atoms with Crippen molar-refractivity contribution in [1.29, 1.82) is 0 Å². The van der Waals surface area contributed by atoms with Gasteiger partial charge in [-0.2, -0.15) is 5.10 Å². The number of piperidine rings is 1. The van der Waals surface area contributed by atoms with Crippen molar-refractivity contribution in [3.8, 4) is 5.69 Å². The number of hydrogen-bond acceptors (Lipinski definition) is 6. The van der Waals surface area contributed by atoms with Crippen molar-refractivity contribution < 1.29 is 14.0 Å². The minimum absolute atomic E-state index is 0.0557. The van der Waals surface area contributed by atoms with Gasteiger partial charge < -0.3 is 14.6 Å². The number of aromatic nitrogens is 3. The average Bonchev–Trinajstić information content (AvgIpc) is 3.22. The normalized spacial score (nSPS) is 18.7. The predicted octanol–water partition coefficient (Wildman–Crippen LogP) is 3.51. The summed E-state index contributed by atoms with van der Waals surface area (Å²) in [6.45, 7) is 7.32. The van der Waals surface area contributed by atoms with E-state index in [1.165, 1.54) is 6.33 Å². The van der Waals surface area contributed by atoms with Gasteiger partial charge in [0, 0.05) is 37.0 Å². The molecule has 1 atom stereocenters. The number of nitrogens with one attached hydrogen (secondary N) is 1. The highest BCUT2D eigenvalue weighted by atomic mass is 16.3. The van der Waals surface area contributed by atoms with E-state index in [0.29, 0.717) is 29.5 Å². The molecule has 1 saturated heterocycles. The number of furan rings is 1. The van der Waals surface area contributed by atoms with Crippen LogP contribution in [0.25, 0.3) is 11.8 Å². The molecule has 180 valence electrons. The molecule has 9 heteroatoms. The van der Waals surface area contributed by atoms with Gasteiger partial charge in [0.25, 0.3) is 11.8 Å². The summed E-state index contributed by atoms with van der Waals surface area (Å²) in [6, 6.07) is 9.15. The molecule has 0 radical (unpaired) electrons. The minimum atomic E-state index is -0.205. The van der Waals surface area contributed by atoms with E-state index in [1.54, 1.807) is 29.4 Å². The first kappa shape index (κ1) is 22.8. The molecule has 5 rings (SSSR count). The lowest BCUT2D eigenvalue weighted by atomic mass is 9.90. The molecule has 0 bridgehead atoms. The molecule has 2 amide bonds. The van der Waals surface area contributed by atoms with E-state index in [2.05, 4.69) is 27.1 Å². The van der Waals surface area contributed by atoms with E-state index in [1.807, 2.05) is 36.1 Å². The molecule has 2 fully saturated rings. The van der Waals surface area contributed by atoms with Gasteiger partial charge >= 0.3 is 0 Å². The van der Waals surface area contributed by atoms with Crippen molar-refractivity contribution in [2.24, 2.45) is 16.3 Å². The first-order chi connectivity index (χ1) is 17.0. The number of benzene rings is 1. The number of carbonyl (C=O) groups excluding carboxylic acids is 2. The Balaban J connectivity index is 1.11. The topological polar surface area (TPSA) is 106 Å². The second-order valence-electron chi connectivity index (χ2n) is 9.27. The second kappa shape index (κ2) is 9.32. The molecule has 3 heterocycles. The van der Waals surface area contributed by atoms with E-state index < -0.39 is 0 Å². The van der Waals surface area contributed by atoms with Crippen LogP contribution >= 0.6 is 0 Å². The number of carbonyl (C=O) groups is 2. The van der Waals surface area contributed by atoms with Gasteiger partial charge in [-0.25, -0.2) is 9.67 Å². The van der Waals surface area contributed by atoms with Gasteiger partial charge in [0.15, 0.2) is 5.76 Å². The fourth-order valence-corrected chi connectivity index (χ4v) is 4.98.